The van der Waals surface area contributed by atoms with Gasteiger partial charge in [0.1, 0.15) is 5.76 Å². The molecule has 1 N–H and O–H groups in total. The van der Waals surface area contributed by atoms with Crippen molar-refractivity contribution >= 4 is 29.4 Å². The molecule has 0 bridgehead atoms. The maximum atomic E-state index is 5.69. The van der Waals surface area contributed by atoms with Crippen molar-refractivity contribution in [1.82, 2.24) is 14.8 Å². The molecule has 8 heteroatoms. The molecule has 2 aliphatic heterocycles. The summed E-state index contributed by atoms with van der Waals surface area (Å²) in [4.78, 5) is 8.96. The van der Waals surface area contributed by atoms with Crippen LogP contribution in [0.5, 0.6) is 0 Å². The lowest BCUT2D eigenvalue weighted by molar-refractivity contribution is 0.122. The Labute approximate surface area is 163 Å². The highest BCUT2D eigenvalue weighted by Gasteiger charge is 2.18. The average Bonchev–Trinajstić information content (AvgIpc) is 3.34. The fourth-order valence-electron chi connectivity index (χ4n) is 3.42. The van der Waals surface area contributed by atoms with Crippen molar-refractivity contribution in [2.45, 2.75) is 13.5 Å². The quantitative estimate of drug-likeness (QED) is 0.747. The largest absolute Gasteiger partial charge is 0.445 e. The Balaban J connectivity index is 1.27. The standard InChI is InChI=1S/C20H22N6O2/c1-15-2-7-19(28-15)25-8-9-26-18(14-25)22-20(23-26)21-16-3-5-17(6-4-16)24-10-12-27-13-11-24/h2-9H,10-14H2,1H3,(H,21,23). The smallest absolute Gasteiger partial charge is 0.247 e. The predicted octanol–water partition coefficient (Wildman–Crippen LogP) is 3.21. The number of nitrogens with one attached hydrogen (secondary N) is 1. The van der Waals surface area contributed by atoms with Crippen LogP contribution in [0.25, 0.3) is 6.20 Å². The number of morpholine rings is 1. The van der Waals surface area contributed by atoms with E-state index in [4.69, 9.17) is 9.15 Å². The summed E-state index contributed by atoms with van der Waals surface area (Å²) in [7, 11) is 0. The number of rotatable bonds is 4. The molecule has 3 aromatic rings. The van der Waals surface area contributed by atoms with Gasteiger partial charge < -0.3 is 24.3 Å². The molecule has 1 saturated heterocycles. The summed E-state index contributed by atoms with van der Waals surface area (Å²) in [5.41, 5.74) is 2.17. The molecule has 0 aliphatic carbocycles. The average molecular weight is 378 g/mol. The predicted molar refractivity (Wildman–Crippen MR) is 108 cm³/mol. The van der Waals surface area contributed by atoms with E-state index in [2.05, 4.69) is 44.6 Å². The van der Waals surface area contributed by atoms with Crippen molar-refractivity contribution in [3.05, 3.63) is 54.2 Å². The van der Waals surface area contributed by atoms with Crippen LogP contribution in [0.1, 0.15) is 11.6 Å². The first-order chi connectivity index (χ1) is 13.7. The van der Waals surface area contributed by atoms with Gasteiger partial charge in [0.2, 0.25) is 5.95 Å². The first-order valence-corrected chi connectivity index (χ1v) is 9.41. The Morgan fingerprint density at radius 3 is 2.57 bits per heavy atom. The van der Waals surface area contributed by atoms with E-state index in [1.807, 2.05) is 36.4 Å². The Morgan fingerprint density at radius 1 is 1.00 bits per heavy atom. The van der Waals surface area contributed by atoms with Crippen LogP contribution in [0.15, 0.2) is 47.0 Å². The lowest BCUT2D eigenvalue weighted by atomic mass is 10.2. The highest BCUT2D eigenvalue weighted by Crippen LogP contribution is 2.25. The molecule has 0 unspecified atom stereocenters. The topological polar surface area (TPSA) is 71.6 Å². The molecule has 0 atom stereocenters. The van der Waals surface area contributed by atoms with Gasteiger partial charge in [-0.25, -0.2) is 4.68 Å². The van der Waals surface area contributed by atoms with Crippen molar-refractivity contribution in [2.75, 3.05) is 41.4 Å². The zero-order valence-electron chi connectivity index (χ0n) is 15.7. The van der Waals surface area contributed by atoms with E-state index in [0.717, 1.165) is 49.5 Å². The summed E-state index contributed by atoms with van der Waals surface area (Å²) in [5, 5.41) is 7.80. The van der Waals surface area contributed by atoms with Crippen molar-refractivity contribution in [3.8, 4) is 0 Å². The molecule has 144 valence electrons. The second kappa shape index (κ2) is 7.05. The van der Waals surface area contributed by atoms with Crippen LogP contribution in [-0.4, -0.2) is 41.1 Å². The molecule has 5 rings (SSSR count). The maximum Gasteiger partial charge on any atom is 0.247 e. The van der Waals surface area contributed by atoms with Gasteiger partial charge in [0.05, 0.1) is 19.8 Å². The summed E-state index contributed by atoms with van der Waals surface area (Å²) >= 11 is 0. The van der Waals surface area contributed by atoms with E-state index in [1.165, 1.54) is 5.69 Å². The summed E-state index contributed by atoms with van der Waals surface area (Å²) in [6, 6.07) is 12.3. The second-order valence-corrected chi connectivity index (χ2v) is 6.88. The lowest BCUT2D eigenvalue weighted by Crippen LogP contribution is -2.36. The Kier molecular flexibility index (Phi) is 4.25. The van der Waals surface area contributed by atoms with Crippen LogP contribution in [0.3, 0.4) is 0 Å². The number of furan rings is 1. The minimum absolute atomic E-state index is 0.580. The van der Waals surface area contributed by atoms with Gasteiger partial charge in [0.15, 0.2) is 11.7 Å². The van der Waals surface area contributed by atoms with Crippen LogP contribution < -0.4 is 15.1 Å². The van der Waals surface area contributed by atoms with Crippen LogP contribution in [0.2, 0.25) is 0 Å². The molecule has 1 aromatic carbocycles. The molecule has 0 spiro atoms. The van der Waals surface area contributed by atoms with E-state index >= 15 is 0 Å². The molecule has 2 aliphatic rings. The van der Waals surface area contributed by atoms with E-state index in [1.54, 1.807) is 4.68 Å². The number of benzene rings is 1. The Morgan fingerprint density at radius 2 is 1.82 bits per heavy atom. The fourth-order valence-corrected chi connectivity index (χ4v) is 3.42. The monoisotopic (exact) mass is 378 g/mol. The summed E-state index contributed by atoms with van der Waals surface area (Å²) in [6.45, 7) is 5.97. The number of ether oxygens (including phenoxy) is 1. The third-order valence-corrected chi connectivity index (χ3v) is 4.91. The number of hydrogen-bond acceptors (Lipinski definition) is 7. The molecule has 0 radical (unpaired) electrons. The third kappa shape index (κ3) is 3.34. The second-order valence-electron chi connectivity index (χ2n) is 6.88. The molecule has 1 fully saturated rings. The van der Waals surface area contributed by atoms with Gasteiger partial charge in [-0.15, -0.1) is 5.10 Å². The van der Waals surface area contributed by atoms with E-state index < -0.39 is 0 Å². The zero-order valence-corrected chi connectivity index (χ0v) is 15.7. The Hall–Kier alpha value is -3.26. The minimum Gasteiger partial charge on any atom is -0.445 e. The van der Waals surface area contributed by atoms with Crippen molar-refractivity contribution in [3.63, 3.8) is 0 Å². The zero-order chi connectivity index (χ0) is 18.9. The van der Waals surface area contributed by atoms with Crippen molar-refractivity contribution in [1.29, 1.82) is 0 Å². The molecular weight excluding hydrogens is 356 g/mol. The van der Waals surface area contributed by atoms with Gasteiger partial charge in [-0.1, -0.05) is 0 Å². The summed E-state index contributed by atoms with van der Waals surface area (Å²) < 4.78 is 12.9. The van der Waals surface area contributed by atoms with Gasteiger partial charge in [0, 0.05) is 42.9 Å². The van der Waals surface area contributed by atoms with E-state index in [-0.39, 0.29) is 0 Å². The SMILES string of the molecule is Cc1ccc(N2C=Cn3nc(Nc4ccc(N5CCOCC5)cc4)nc3C2)o1. The van der Waals surface area contributed by atoms with Crippen LogP contribution >= 0.6 is 0 Å². The molecular formula is C20H22N6O2. The maximum absolute atomic E-state index is 5.69. The number of fused-ring (bicyclic) bond motifs is 1. The molecule has 28 heavy (non-hydrogen) atoms. The summed E-state index contributed by atoms with van der Waals surface area (Å²) in [6.07, 6.45) is 3.83. The normalized spacial score (nSPS) is 16.3. The number of hydrogen-bond donors (Lipinski definition) is 1. The minimum atomic E-state index is 0.580. The molecule has 0 amide bonds. The van der Waals surface area contributed by atoms with Gasteiger partial charge in [-0.3, -0.25) is 0 Å². The fraction of sp³-hybridized carbons (Fsp3) is 0.300. The highest BCUT2D eigenvalue weighted by atomic mass is 16.5. The summed E-state index contributed by atoms with van der Waals surface area (Å²) in [5.74, 6) is 3.12. The number of aromatic nitrogens is 3. The van der Waals surface area contributed by atoms with Crippen molar-refractivity contribution < 1.29 is 9.15 Å². The van der Waals surface area contributed by atoms with Crippen LogP contribution in [0, 0.1) is 6.92 Å². The number of aryl methyl sites for hydroxylation is 1. The number of anilines is 4. The molecule has 0 saturated carbocycles. The third-order valence-electron chi connectivity index (χ3n) is 4.91. The number of nitrogens with zero attached hydrogens (tertiary/aromatic N) is 5. The molecule has 2 aromatic heterocycles. The molecule has 8 nitrogen and oxygen atoms in total. The van der Waals surface area contributed by atoms with Gasteiger partial charge >= 0.3 is 0 Å². The van der Waals surface area contributed by atoms with Gasteiger partial charge in [0.25, 0.3) is 0 Å². The first-order valence-electron chi connectivity index (χ1n) is 9.41. The Bertz CT molecular complexity index is 985. The van der Waals surface area contributed by atoms with E-state index in [9.17, 15) is 0 Å². The van der Waals surface area contributed by atoms with Gasteiger partial charge in [-0.05, 0) is 37.3 Å². The first kappa shape index (κ1) is 16.9. The lowest BCUT2D eigenvalue weighted by Gasteiger charge is -2.28. The van der Waals surface area contributed by atoms with Crippen LogP contribution in [0.4, 0.5) is 23.2 Å². The highest BCUT2D eigenvalue weighted by molar-refractivity contribution is 5.60. The van der Waals surface area contributed by atoms with E-state index in [0.29, 0.717) is 12.5 Å². The van der Waals surface area contributed by atoms with Gasteiger partial charge in [-0.2, -0.15) is 4.98 Å². The van der Waals surface area contributed by atoms with Crippen molar-refractivity contribution in [2.24, 2.45) is 0 Å². The molecule has 4 heterocycles. The van der Waals surface area contributed by atoms with Crippen LogP contribution in [-0.2, 0) is 11.3 Å².